The second-order valence-electron chi connectivity index (χ2n) is 5.22. The maximum absolute atomic E-state index is 10.9. The van der Waals surface area contributed by atoms with Crippen molar-refractivity contribution in [2.24, 2.45) is 0 Å². The Morgan fingerprint density at radius 3 is 3.05 bits per heavy atom. The lowest BCUT2D eigenvalue weighted by molar-refractivity contribution is -0.384. The molecule has 0 saturated carbocycles. The van der Waals surface area contributed by atoms with Crippen LogP contribution < -0.4 is 10.2 Å². The minimum atomic E-state index is -0.367. The Kier molecular flexibility index (Phi) is 5.29. The van der Waals surface area contributed by atoms with Gasteiger partial charge < -0.3 is 10.2 Å². The first-order chi connectivity index (χ1) is 9.70. The zero-order valence-corrected chi connectivity index (χ0v) is 11.9. The first-order valence-corrected chi connectivity index (χ1v) is 7.29. The number of nitrogens with one attached hydrogen (secondary N) is 1. The second-order valence-corrected chi connectivity index (χ2v) is 5.22. The van der Waals surface area contributed by atoms with Gasteiger partial charge >= 0.3 is 0 Å². The Bertz CT molecular complexity index is 447. The number of anilines is 1. The highest BCUT2D eigenvalue weighted by atomic mass is 16.6. The van der Waals surface area contributed by atoms with E-state index in [0.717, 1.165) is 32.5 Å². The molecule has 0 spiro atoms. The number of hydrogen-bond donors (Lipinski definition) is 1. The fourth-order valence-corrected chi connectivity index (χ4v) is 2.61. The molecule has 0 bridgehead atoms. The van der Waals surface area contributed by atoms with Crippen LogP contribution in [-0.2, 0) is 0 Å². The lowest BCUT2D eigenvalue weighted by Gasteiger charge is -2.31. The summed E-state index contributed by atoms with van der Waals surface area (Å²) >= 11 is 0. The van der Waals surface area contributed by atoms with Crippen molar-refractivity contribution in [1.29, 1.82) is 0 Å². The molecule has 6 nitrogen and oxygen atoms in total. The Morgan fingerprint density at radius 2 is 2.40 bits per heavy atom. The predicted molar refractivity (Wildman–Crippen MR) is 79.0 cm³/mol. The molecule has 2 rings (SSSR count). The van der Waals surface area contributed by atoms with Gasteiger partial charge in [0.1, 0.15) is 5.82 Å². The molecule has 0 radical (unpaired) electrons. The van der Waals surface area contributed by atoms with Gasteiger partial charge in [0.25, 0.3) is 5.69 Å². The molecule has 1 atom stereocenters. The molecule has 0 amide bonds. The van der Waals surface area contributed by atoms with Crippen molar-refractivity contribution in [2.45, 2.75) is 38.6 Å². The Labute approximate surface area is 119 Å². The lowest BCUT2D eigenvalue weighted by atomic mass is 10.0. The summed E-state index contributed by atoms with van der Waals surface area (Å²) in [6, 6.07) is 3.46. The molecule has 1 N–H and O–H groups in total. The molecule has 1 unspecified atom stereocenters. The van der Waals surface area contributed by atoms with Crippen molar-refractivity contribution < 1.29 is 4.92 Å². The highest BCUT2D eigenvalue weighted by molar-refractivity contribution is 5.46. The van der Waals surface area contributed by atoms with Crippen LogP contribution in [0.25, 0.3) is 0 Å². The van der Waals surface area contributed by atoms with Crippen LogP contribution in [0, 0.1) is 10.1 Å². The highest BCUT2D eigenvalue weighted by Crippen LogP contribution is 2.20. The van der Waals surface area contributed by atoms with Crippen LogP contribution in [-0.4, -0.2) is 35.6 Å². The number of aromatic nitrogens is 1. The van der Waals surface area contributed by atoms with Crippen LogP contribution in [0.1, 0.15) is 32.6 Å². The molecular formula is C14H22N4O2. The monoisotopic (exact) mass is 278 g/mol. The molecule has 0 aromatic carbocycles. The molecule has 1 aromatic rings. The minimum absolute atomic E-state index is 0.104. The van der Waals surface area contributed by atoms with Gasteiger partial charge in [0.05, 0.1) is 11.0 Å². The molecule has 20 heavy (non-hydrogen) atoms. The largest absolute Gasteiger partial charge is 0.355 e. The Balaban J connectivity index is 2.10. The molecule has 1 fully saturated rings. The van der Waals surface area contributed by atoms with Crippen LogP contribution in [0.2, 0.25) is 0 Å². The average molecular weight is 278 g/mol. The van der Waals surface area contributed by atoms with Gasteiger partial charge in [-0.15, -0.1) is 0 Å². The van der Waals surface area contributed by atoms with E-state index in [2.05, 4.69) is 22.1 Å². The van der Waals surface area contributed by atoms with E-state index in [1.54, 1.807) is 6.07 Å². The van der Waals surface area contributed by atoms with Gasteiger partial charge in [-0.25, -0.2) is 4.98 Å². The standard InChI is InChI=1S/C14H22N4O2/c1-2-9-17(11-12-5-3-4-7-15-12)14-10-13(18(19)20)6-8-16-14/h6,8,10,12,15H,2-5,7,9,11H2,1H3. The molecule has 6 heteroatoms. The topological polar surface area (TPSA) is 71.3 Å². The van der Waals surface area contributed by atoms with Crippen molar-refractivity contribution >= 4 is 11.5 Å². The molecule has 0 aliphatic carbocycles. The van der Waals surface area contributed by atoms with E-state index < -0.39 is 0 Å². The van der Waals surface area contributed by atoms with Gasteiger partial charge in [-0.2, -0.15) is 0 Å². The second kappa shape index (κ2) is 7.19. The molecule has 1 aliphatic rings. The third-order valence-corrected chi connectivity index (χ3v) is 3.61. The van der Waals surface area contributed by atoms with Gasteiger partial charge in [0, 0.05) is 31.4 Å². The summed E-state index contributed by atoms with van der Waals surface area (Å²) in [7, 11) is 0. The summed E-state index contributed by atoms with van der Waals surface area (Å²) in [6.07, 6.45) is 6.16. The number of nitrogens with zero attached hydrogens (tertiary/aromatic N) is 3. The fourth-order valence-electron chi connectivity index (χ4n) is 2.61. The third kappa shape index (κ3) is 3.90. The fraction of sp³-hybridized carbons (Fsp3) is 0.643. The van der Waals surface area contributed by atoms with Crippen molar-refractivity contribution in [1.82, 2.24) is 10.3 Å². The van der Waals surface area contributed by atoms with Crippen LogP contribution >= 0.6 is 0 Å². The third-order valence-electron chi connectivity index (χ3n) is 3.61. The van der Waals surface area contributed by atoms with Crippen molar-refractivity contribution in [3.8, 4) is 0 Å². The first-order valence-electron chi connectivity index (χ1n) is 7.29. The average Bonchev–Trinajstić information content (AvgIpc) is 2.48. The van der Waals surface area contributed by atoms with Crippen LogP contribution in [0.15, 0.2) is 18.3 Å². The minimum Gasteiger partial charge on any atom is -0.355 e. The normalized spacial score (nSPS) is 18.8. The van der Waals surface area contributed by atoms with E-state index in [4.69, 9.17) is 0 Å². The maximum atomic E-state index is 10.9. The van der Waals surface area contributed by atoms with Crippen molar-refractivity contribution in [2.75, 3.05) is 24.5 Å². The first kappa shape index (κ1) is 14.7. The van der Waals surface area contributed by atoms with Crippen molar-refractivity contribution in [3.05, 3.63) is 28.4 Å². The maximum Gasteiger partial charge on any atom is 0.274 e. The van der Waals surface area contributed by atoms with E-state index in [9.17, 15) is 10.1 Å². The van der Waals surface area contributed by atoms with E-state index in [1.165, 1.54) is 25.1 Å². The molecule has 1 aliphatic heterocycles. The summed E-state index contributed by atoms with van der Waals surface area (Å²) in [5.41, 5.74) is 0.104. The van der Waals surface area contributed by atoms with Gasteiger partial charge in [-0.1, -0.05) is 13.3 Å². The van der Waals surface area contributed by atoms with E-state index in [0.29, 0.717) is 11.9 Å². The highest BCUT2D eigenvalue weighted by Gasteiger charge is 2.18. The Morgan fingerprint density at radius 1 is 1.55 bits per heavy atom. The number of pyridine rings is 1. The van der Waals surface area contributed by atoms with Gasteiger partial charge in [0.15, 0.2) is 0 Å². The number of piperidine rings is 1. The zero-order valence-electron chi connectivity index (χ0n) is 11.9. The van der Waals surface area contributed by atoms with Gasteiger partial charge in [-0.05, 0) is 25.8 Å². The summed E-state index contributed by atoms with van der Waals surface area (Å²) in [5, 5.41) is 14.4. The number of nitro groups is 1. The van der Waals surface area contributed by atoms with E-state index >= 15 is 0 Å². The smallest absolute Gasteiger partial charge is 0.274 e. The lowest BCUT2D eigenvalue weighted by Crippen LogP contribution is -2.44. The summed E-state index contributed by atoms with van der Waals surface area (Å²) in [4.78, 5) is 17.0. The SMILES string of the molecule is CCCN(CC1CCCCN1)c1cc([N+](=O)[O-])ccn1. The summed E-state index contributed by atoms with van der Waals surface area (Å²) in [5.74, 6) is 0.702. The van der Waals surface area contributed by atoms with E-state index in [-0.39, 0.29) is 10.6 Å². The number of rotatable bonds is 6. The van der Waals surface area contributed by atoms with Crippen LogP contribution in [0.3, 0.4) is 0 Å². The predicted octanol–water partition coefficient (Wildman–Crippen LogP) is 2.35. The van der Waals surface area contributed by atoms with Crippen LogP contribution in [0.4, 0.5) is 11.5 Å². The molecule has 1 saturated heterocycles. The molecule has 110 valence electrons. The summed E-state index contributed by atoms with van der Waals surface area (Å²) < 4.78 is 0. The molecule has 2 heterocycles. The van der Waals surface area contributed by atoms with E-state index in [1.807, 2.05) is 0 Å². The van der Waals surface area contributed by atoms with Gasteiger partial charge in [0.2, 0.25) is 0 Å². The summed E-state index contributed by atoms with van der Waals surface area (Å²) in [6.45, 7) is 4.90. The quantitative estimate of drug-likeness (QED) is 0.639. The zero-order chi connectivity index (χ0) is 14.4. The van der Waals surface area contributed by atoms with Crippen LogP contribution in [0.5, 0.6) is 0 Å². The molecular weight excluding hydrogens is 256 g/mol. The Hall–Kier alpha value is -1.69. The molecule has 1 aromatic heterocycles. The number of hydrogen-bond acceptors (Lipinski definition) is 5. The van der Waals surface area contributed by atoms with Crippen molar-refractivity contribution in [3.63, 3.8) is 0 Å². The van der Waals surface area contributed by atoms with Gasteiger partial charge in [-0.3, -0.25) is 10.1 Å².